The van der Waals surface area contributed by atoms with Gasteiger partial charge < -0.3 is 10.1 Å². The molecule has 0 aliphatic carbocycles. The fourth-order valence-electron chi connectivity index (χ4n) is 3.14. The van der Waals surface area contributed by atoms with Gasteiger partial charge in [-0.2, -0.15) is 0 Å². The predicted octanol–water partition coefficient (Wildman–Crippen LogP) is 4.88. The highest BCUT2D eigenvalue weighted by Crippen LogP contribution is 2.18. The van der Waals surface area contributed by atoms with Gasteiger partial charge in [-0.15, -0.1) is 0 Å². The van der Waals surface area contributed by atoms with Crippen molar-refractivity contribution in [1.29, 1.82) is 0 Å². The molecular weight excluding hydrogens is 362 g/mol. The number of amides is 1. The van der Waals surface area contributed by atoms with Crippen molar-refractivity contribution in [3.63, 3.8) is 0 Å². The lowest BCUT2D eigenvalue weighted by molar-refractivity contribution is -0.119. The Morgan fingerprint density at radius 1 is 0.828 bits per heavy atom. The molecule has 1 N–H and O–H groups in total. The van der Waals surface area contributed by atoms with Crippen molar-refractivity contribution in [3.05, 3.63) is 101 Å². The van der Waals surface area contributed by atoms with Crippen LogP contribution in [0.5, 0.6) is 0 Å². The molecule has 0 bridgehead atoms. The van der Waals surface area contributed by atoms with Crippen molar-refractivity contribution in [1.82, 2.24) is 0 Å². The van der Waals surface area contributed by atoms with Crippen molar-refractivity contribution in [2.75, 3.05) is 11.9 Å². The largest absolute Gasteiger partial charge is 0.452 e. The van der Waals surface area contributed by atoms with Crippen molar-refractivity contribution >= 4 is 17.6 Å². The minimum absolute atomic E-state index is 0.320. The van der Waals surface area contributed by atoms with Crippen LogP contribution in [-0.2, 0) is 22.4 Å². The van der Waals surface area contributed by atoms with Crippen LogP contribution in [0.4, 0.5) is 5.69 Å². The number of carbonyl (C=O) groups is 2. The molecule has 0 spiro atoms. The van der Waals surface area contributed by atoms with Crippen LogP contribution in [0.25, 0.3) is 0 Å². The first-order valence-corrected chi connectivity index (χ1v) is 9.69. The lowest BCUT2D eigenvalue weighted by atomic mass is 10.00. The van der Waals surface area contributed by atoms with E-state index in [0.29, 0.717) is 5.56 Å². The summed E-state index contributed by atoms with van der Waals surface area (Å²) in [4.78, 5) is 24.8. The van der Waals surface area contributed by atoms with Gasteiger partial charge in [0.2, 0.25) is 0 Å². The molecule has 0 saturated heterocycles. The zero-order chi connectivity index (χ0) is 20.6. The Hall–Kier alpha value is -3.40. The predicted molar refractivity (Wildman–Crippen MR) is 115 cm³/mol. The first kappa shape index (κ1) is 20.3. The van der Waals surface area contributed by atoms with Gasteiger partial charge in [-0.05, 0) is 61.1 Å². The van der Waals surface area contributed by atoms with Crippen LogP contribution in [0.1, 0.15) is 32.6 Å². The monoisotopic (exact) mass is 387 g/mol. The number of ether oxygens (including phenoxy) is 1. The number of rotatable bonds is 7. The highest BCUT2D eigenvalue weighted by atomic mass is 16.5. The number of esters is 1. The quantitative estimate of drug-likeness (QED) is 0.588. The van der Waals surface area contributed by atoms with E-state index in [1.165, 1.54) is 5.56 Å². The molecule has 1 amide bonds. The fraction of sp³-hybridized carbons (Fsp3) is 0.200. The second-order valence-electron chi connectivity index (χ2n) is 7.01. The molecule has 29 heavy (non-hydrogen) atoms. The molecule has 0 aromatic heterocycles. The molecule has 4 nitrogen and oxygen atoms in total. The number of benzene rings is 3. The maximum atomic E-state index is 12.6. The average Bonchev–Trinajstić information content (AvgIpc) is 2.75. The molecule has 0 unspecified atom stereocenters. The van der Waals surface area contributed by atoms with E-state index in [4.69, 9.17) is 4.74 Å². The third-order valence-electron chi connectivity index (χ3n) is 4.98. The van der Waals surface area contributed by atoms with Crippen molar-refractivity contribution in [3.8, 4) is 0 Å². The van der Waals surface area contributed by atoms with Gasteiger partial charge >= 0.3 is 5.97 Å². The van der Waals surface area contributed by atoms with Gasteiger partial charge in [0.25, 0.3) is 5.91 Å². The summed E-state index contributed by atoms with van der Waals surface area (Å²) in [5.41, 5.74) is 5.45. The topological polar surface area (TPSA) is 55.4 Å². The summed E-state index contributed by atoms with van der Waals surface area (Å²) in [7, 11) is 0. The van der Waals surface area contributed by atoms with Gasteiger partial charge in [-0.1, -0.05) is 60.7 Å². The standard InChI is InChI=1S/C25H25NO3/c1-18-9-8-14-23(19(18)2)26-24(27)17-29-25(28)22-13-7-6-12-21(22)16-15-20-10-4-3-5-11-20/h3-14H,15-17H2,1-2H3,(H,26,27). The number of hydrogen-bond donors (Lipinski definition) is 1. The van der Waals surface area contributed by atoms with Gasteiger partial charge in [-0.25, -0.2) is 4.79 Å². The summed E-state index contributed by atoms with van der Waals surface area (Å²) in [5, 5.41) is 2.80. The molecule has 0 radical (unpaired) electrons. The molecule has 0 saturated carbocycles. The first-order valence-electron chi connectivity index (χ1n) is 9.69. The van der Waals surface area contributed by atoms with Crippen LogP contribution < -0.4 is 5.32 Å². The lowest BCUT2D eigenvalue weighted by Crippen LogP contribution is -2.22. The summed E-state index contributed by atoms with van der Waals surface area (Å²) in [5.74, 6) is -0.835. The Morgan fingerprint density at radius 3 is 2.34 bits per heavy atom. The van der Waals surface area contributed by atoms with Crippen molar-refractivity contribution in [2.24, 2.45) is 0 Å². The zero-order valence-corrected chi connectivity index (χ0v) is 16.8. The molecule has 0 aliphatic heterocycles. The van der Waals surface area contributed by atoms with Crippen molar-refractivity contribution in [2.45, 2.75) is 26.7 Å². The molecule has 0 heterocycles. The smallest absolute Gasteiger partial charge is 0.338 e. The molecule has 148 valence electrons. The van der Waals surface area contributed by atoms with Gasteiger partial charge in [0, 0.05) is 5.69 Å². The van der Waals surface area contributed by atoms with Crippen LogP contribution in [0.15, 0.2) is 72.8 Å². The fourth-order valence-corrected chi connectivity index (χ4v) is 3.14. The SMILES string of the molecule is Cc1cccc(NC(=O)COC(=O)c2ccccc2CCc2ccccc2)c1C. The van der Waals surface area contributed by atoms with E-state index in [1.807, 2.05) is 62.4 Å². The lowest BCUT2D eigenvalue weighted by Gasteiger charge is -2.12. The summed E-state index contributed by atoms with van der Waals surface area (Å²) < 4.78 is 5.27. The van der Waals surface area contributed by atoms with E-state index in [2.05, 4.69) is 17.4 Å². The third-order valence-corrected chi connectivity index (χ3v) is 4.98. The molecule has 3 aromatic rings. The summed E-state index contributed by atoms with van der Waals surface area (Å²) >= 11 is 0. The Bertz CT molecular complexity index is 996. The molecular formula is C25H25NO3. The molecule has 3 rings (SSSR count). The summed E-state index contributed by atoms with van der Waals surface area (Å²) in [6, 6.07) is 23.2. The normalized spacial score (nSPS) is 10.4. The highest BCUT2D eigenvalue weighted by molar-refractivity contribution is 5.96. The second-order valence-corrected chi connectivity index (χ2v) is 7.01. The number of anilines is 1. The van der Waals surface area contributed by atoms with E-state index in [-0.39, 0.29) is 12.5 Å². The van der Waals surface area contributed by atoms with E-state index in [1.54, 1.807) is 12.1 Å². The summed E-state index contributed by atoms with van der Waals surface area (Å²) in [6.45, 7) is 3.61. The molecule has 0 fully saturated rings. The Morgan fingerprint density at radius 2 is 1.55 bits per heavy atom. The van der Waals surface area contributed by atoms with Crippen LogP contribution in [0.3, 0.4) is 0 Å². The number of nitrogens with one attached hydrogen (secondary N) is 1. The zero-order valence-electron chi connectivity index (χ0n) is 16.8. The molecule has 4 heteroatoms. The number of aryl methyl sites for hydroxylation is 3. The first-order chi connectivity index (χ1) is 14.0. The van der Waals surface area contributed by atoms with Crippen LogP contribution in [0, 0.1) is 13.8 Å². The maximum absolute atomic E-state index is 12.6. The average molecular weight is 387 g/mol. The van der Waals surface area contributed by atoms with Gasteiger partial charge in [-0.3, -0.25) is 4.79 Å². The Kier molecular flexibility index (Phi) is 6.80. The minimum Gasteiger partial charge on any atom is -0.452 e. The van der Waals surface area contributed by atoms with Gasteiger partial charge in [0.05, 0.1) is 5.56 Å². The van der Waals surface area contributed by atoms with Crippen molar-refractivity contribution < 1.29 is 14.3 Å². The highest BCUT2D eigenvalue weighted by Gasteiger charge is 2.15. The van der Waals surface area contributed by atoms with E-state index in [0.717, 1.165) is 35.2 Å². The molecule has 0 aliphatic rings. The van der Waals surface area contributed by atoms with E-state index >= 15 is 0 Å². The molecule has 3 aromatic carbocycles. The maximum Gasteiger partial charge on any atom is 0.338 e. The summed E-state index contributed by atoms with van der Waals surface area (Å²) in [6.07, 6.45) is 1.56. The van der Waals surface area contributed by atoms with Crippen LogP contribution in [-0.4, -0.2) is 18.5 Å². The number of carbonyl (C=O) groups excluding carboxylic acids is 2. The molecule has 0 atom stereocenters. The van der Waals surface area contributed by atoms with E-state index in [9.17, 15) is 9.59 Å². The second kappa shape index (κ2) is 9.69. The Balaban J connectivity index is 1.59. The number of hydrogen-bond acceptors (Lipinski definition) is 3. The van der Waals surface area contributed by atoms with Crippen LogP contribution in [0.2, 0.25) is 0 Å². The van der Waals surface area contributed by atoms with Crippen LogP contribution >= 0.6 is 0 Å². The minimum atomic E-state index is -0.482. The van der Waals surface area contributed by atoms with Gasteiger partial charge in [0.15, 0.2) is 6.61 Å². The van der Waals surface area contributed by atoms with E-state index < -0.39 is 5.97 Å². The third kappa shape index (κ3) is 5.55. The Labute approximate surface area is 171 Å². The van der Waals surface area contributed by atoms with Gasteiger partial charge in [0.1, 0.15) is 0 Å².